The summed E-state index contributed by atoms with van der Waals surface area (Å²) in [7, 11) is 0. The SMILES string of the molecule is N#CC1(c2cnc(-c3cccc(N)n3)c(N3CCC(Oc4ccc(F)cc4F)CC3)n2)CC1. The monoisotopic (exact) mass is 448 g/mol. The molecule has 0 atom stereocenters. The topological polar surface area (TPSA) is 101 Å². The zero-order chi connectivity index (χ0) is 23.0. The maximum atomic E-state index is 14.0. The lowest BCUT2D eigenvalue weighted by Crippen LogP contribution is -2.39. The lowest BCUT2D eigenvalue weighted by Gasteiger charge is -2.34. The van der Waals surface area contributed by atoms with E-state index in [0.29, 0.717) is 54.6 Å². The molecular weight excluding hydrogens is 426 g/mol. The number of pyridine rings is 1. The van der Waals surface area contributed by atoms with Gasteiger partial charge < -0.3 is 15.4 Å². The number of nitriles is 1. The predicted molar refractivity (Wildman–Crippen MR) is 118 cm³/mol. The van der Waals surface area contributed by atoms with Crippen LogP contribution in [0, 0.1) is 23.0 Å². The third kappa shape index (κ3) is 4.16. The summed E-state index contributed by atoms with van der Waals surface area (Å²) in [6, 6.07) is 11.0. The molecule has 1 saturated heterocycles. The molecule has 0 amide bonds. The number of piperidine rings is 1. The maximum Gasteiger partial charge on any atom is 0.167 e. The smallest absolute Gasteiger partial charge is 0.167 e. The van der Waals surface area contributed by atoms with Crippen LogP contribution in [0.3, 0.4) is 0 Å². The van der Waals surface area contributed by atoms with E-state index in [1.807, 2.05) is 12.1 Å². The summed E-state index contributed by atoms with van der Waals surface area (Å²) in [5, 5.41) is 9.62. The summed E-state index contributed by atoms with van der Waals surface area (Å²) in [5.74, 6) is -0.267. The highest BCUT2D eigenvalue weighted by atomic mass is 19.1. The fourth-order valence-corrected chi connectivity index (χ4v) is 4.08. The van der Waals surface area contributed by atoms with Gasteiger partial charge in [0.25, 0.3) is 0 Å². The highest BCUT2D eigenvalue weighted by molar-refractivity contribution is 5.70. The van der Waals surface area contributed by atoms with E-state index in [9.17, 15) is 14.0 Å². The van der Waals surface area contributed by atoms with Crippen molar-refractivity contribution in [2.24, 2.45) is 0 Å². The van der Waals surface area contributed by atoms with Gasteiger partial charge in [-0.05, 0) is 37.1 Å². The van der Waals surface area contributed by atoms with E-state index in [1.165, 1.54) is 12.1 Å². The first-order valence-corrected chi connectivity index (χ1v) is 10.9. The average molecular weight is 448 g/mol. The molecule has 1 aromatic carbocycles. The van der Waals surface area contributed by atoms with E-state index in [0.717, 1.165) is 18.9 Å². The first-order chi connectivity index (χ1) is 16.0. The second-order valence-electron chi connectivity index (χ2n) is 8.45. The van der Waals surface area contributed by atoms with Gasteiger partial charge in [-0.1, -0.05) is 6.07 Å². The van der Waals surface area contributed by atoms with Gasteiger partial charge in [-0.2, -0.15) is 5.26 Å². The van der Waals surface area contributed by atoms with Gasteiger partial charge in [0.2, 0.25) is 0 Å². The fourth-order valence-electron chi connectivity index (χ4n) is 4.08. The van der Waals surface area contributed by atoms with Gasteiger partial charge in [0, 0.05) is 32.0 Å². The molecule has 0 unspecified atom stereocenters. The standard InChI is InChI=1S/C24H22F2N6O/c25-15-4-5-19(17(26)12-15)33-16-6-10-32(11-7-16)23-22(18-2-1-3-21(28)30-18)29-13-20(31-23)24(14-27)8-9-24/h1-5,12-13,16H,6-11H2,(H2,28,30). The van der Waals surface area contributed by atoms with Gasteiger partial charge in [0.05, 0.1) is 23.7 Å². The molecule has 7 nitrogen and oxygen atoms in total. The molecule has 3 aromatic rings. The molecule has 2 aromatic heterocycles. The van der Waals surface area contributed by atoms with Crippen molar-refractivity contribution in [3.63, 3.8) is 0 Å². The van der Waals surface area contributed by atoms with Crippen molar-refractivity contribution in [1.82, 2.24) is 15.0 Å². The van der Waals surface area contributed by atoms with Crippen LogP contribution in [0.4, 0.5) is 20.4 Å². The average Bonchev–Trinajstić information content (AvgIpc) is 3.62. The highest BCUT2D eigenvalue weighted by Gasteiger charge is 2.47. The Morgan fingerprint density at radius 3 is 2.58 bits per heavy atom. The van der Waals surface area contributed by atoms with Gasteiger partial charge in [0.1, 0.15) is 28.8 Å². The minimum absolute atomic E-state index is 0.0472. The molecule has 0 spiro atoms. The Kier molecular flexibility index (Phi) is 5.29. The van der Waals surface area contributed by atoms with E-state index in [4.69, 9.17) is 15.5 Å². The lowest BCUT2D eigenvalue weighted by molar-refractivity contribution is 0.163. The summed E-state index contributed by atoms with van der Waals surface area (Å²) in [6.45, 7) is 1.20. The van der Waals surface area contributed by atoms with E-state index in [2.05, 4.69) is 20.9 Å². The molecule has 9 heteroatoms. The molecule has 5 rings (SSSR count). The third-order valence-corrected chi connectivity index (χ3v) is 6.15. The van der Waals surface area contributed by atoms with Crippen molar-refractivity contribution in [2.45, 2.75) is 37.2 Å². The molecule has 168 valence electrons. The zero-order valence-corrected chi connectivity index (χ0v) is 17.8. The van der Waals surface area contributed by atoms with Crippen molar-refractivity contribution in [1.29, 1.82) is 5.26 Å². The van der Waals surface area contributed by atoms with Crippen molar-refractivity contribution in [3.05, 3.63) is 59.9 Å². The summed E-state index contributed by atoms with van der Waals surface area (Å²) < 4.78 is 32.9. The Bertz CT molecular complexity index is 1230. The number of aromatic nitrogens is 3. The van der Waals surface area contributed by atoms with Crippen LogP contribution in [0.1, 0.15) is 31.4 Å². The number of rotatable bonds is 5. The van der Waals surface area contributed by atoms with Crippen LogP contribution in [0.5, 0.6) is 5.75 Å². The third-order valence-electron chi connectivity index (χ3n) is 6.15. The van der Waals surface area contributed by atoms with Crippen LogP contribution in [0.2, 0.25) is 0 Å². The Balaban J connectivity index is 1.40. The van der Waals surface area contributed by atoms with Gasteiger partial charge >= 0.3 is 0 Å². The van der Waals surface area contributed by atoms with Gasteiger partial charge in [-0.3, -0.25) is 0 Å². The molecule has 33 heavy (non-hydrogen) atoms. The molecule has 0 bridgehead atoms. The first-order valence-electron chi connectivity index (χ1n) is 10.9. The number of anilines is 2. The van der Waals surface area contributed by atoms with Crippen molar-refractivity contribution >= 4 is 11.6 Å². The van der Waals surface area contributed by atoms with Gasteiger partial charge in [-0.15, -0.1) is 0 Å². The minimum Gasteiger partial charge on any atom is -0.487 e. The number of nitrogens with zero attached hydrogens (tertiary/aromatic N) is 5. The largest absolute Gasteiger partial charge is 0.487 e. The number of halogens is 2. The normalized spacial score (nSPS) is 17.4. The van der Waals surface area contributed by atoms with E-state index in [-0.39, 0.29) is 11.9 Å². The van der Waals surface area contributed by atoms with E-state index in [1.54, 1.807) is 12.3 Å². The second kappa shape index (κ2) is 8.28. The van der Waals surface area contributed by atoms with Crippen molar-refractivity contribution in [2.75, 3.05) is 23.7 Å². The number of hydrogen-bond donors (Lipinski definition) is 1. The highest BCUT2D eigenvalue weighted by Crippen LogP contribution is 2.47. The van der Waals surface area contributed by atoms with E-state index < -0.39 is 17.0 Å². The molecule has 3 heterocycles. The van der Waals surface area contributed by atoms with E-state index >= 15 is 0 Å². The van der Waals surface area contributed by atoms with Crippen LogP contribution in [-0.4, -0.2) is 34.1 Å². The molecule has 2 N–H and O–H groups in total. The number of hydrogen-bond acceptors (Lipinski definition) is 7. The zero-order valence-electron chi connectivity index (χ0n) is 17.8. The number of ether oxygens (including phenoxy) is 1. The fraction of sp³-hybridized carbons (Fsp3) is 0.333. The minimum atomic E-state index is -0.711. The Morgan fingerprint density at radius 2 is 1.91 bits per heavy atom. The molecular formula is C24H22F2N6O. The number of benzene rings is 1. The summed E-state index contributed by atoms with van der Waals surface area (Å²) in [6.07, 6.45) is 4.23. The van der Waals surface area contributed by atoms with Crippen LogP contribution >= 0.6 is 0 Å². The Hall–Kier alpha value is -3.80. The number of nitrogen functional groups attached to an aromatic ring is 1. The van der Waals surface area contributed by atoms with Crippen LogP contribution < -0.4 is 15.4 Å². The Labute approximate surface area is 189 Å². The first kappa shape index (κ1) is 21.1. The summed E-state index contributed by atoms with van der Waals surface area (Å²) >= 11 is 0. The summed E-state index contributed by atoms with van der Waals surface area (Å²) in [4.78, 5) is 16.0. The van der Waals surface area contributed by atoms with Crippen LogP contribution in [0.25, 0.3) is 11.4 Å². The van der Waals surface area contributed by atoms with Crippen molar-refractivity contribution < 1.29 is 13.5 Å². The van der Waals surface area contributed by atoms with Gasteiger partial charge in [-0.25, -0.2) is 23.7 Å². The predicted octanol–water partition coefficient (Wildman–Crippen LogP) is 4.00. The maximum absolute atomic E-state index is 14.0. The quantitative estimate of drug-likeness (QED) is 0.629. The number of nitrogens with two attached hydrogens (primary N) is 1. The van der Waals surface area contributed by atoms with Crippen LogP contribution in [0.15, 0.2) is 42.6 Å². The second-order valence-corrected chi connectivity index (χ2v) is 8.45. The van der Waals surface area contributed by atoms with Crippen molar-refractivity contribution in [3.8, 4) is 23.2 Å². The lowest BCUT2D eigenvalue weighted by atomic mass is 10.0. The molecule has 1 aliphatic heterocycles. The molecule has 1 saturated carbocycles. The summed E-state index contributed by atoms with van der Waals surface area (Å²) in [5.41, 5.74) is 7.19. The Morgan fingerprint density at radius 1 is 1.12 bits per heavy atom. The molecule has 0 radical (unpaired) electrons. The van der Waals surface area contributed by atoms with Crippen LogP contribution in [-0.2, 0) is 5.41 Å². The molecule has 2 aliphatic rings. The molecule has 1 aliphatic carbocycles. The molecule has 2 fully saturated rings. The van der Waals surface area contributed by atoms with Gasteiger partial charge in [0.15, 0.2) is 17.4 Å².